The van der Waals surface area contributed by atoms with Gasteiger partial charge in [0.2, 0.25) is 0 Å². The van der Waals surface area contributed by atoms with Gasteiger partial charge in [-0.2, -0.15) is 0 Å². The van der Waals surface area contributed by atoms with E-state index in [4.69, 9.17) is 4.42 Å². The first-order valence-electron chi connectivity index (χ1n) is 8.65. The first-order valence-corrected chi connectivity index (χ1v) is 8.65. The molecule has 0 aliphatic heterocycles. The van der Waals surface area contributed by atoms with Gasteiger partial charge in [-0.15, -0.1) is 0 Å². The number of amides is 1. The van der Waals surface area contributed by atoms with Gasteiger partial charge in [-0.1, -0.05) is 27.7 Å². The van der Waals surface area contributed by atoms with Crippen LogP contribution in [0, 0.1) is 12.8 Å². The molecule has 1 aliphatic carbocycles. The van der Waals surface area contributed by atoms with Crippen molar-refractivity contribution in [1.29, 1.82) is 0 Å². The van der Waals surface area contributed by atoms with E-state index in [2.05, 4.69) is 22.2 Å². The monoisotopic (exact) mass is 343 g/mol. The summed E-state index contributed by atoms with van der Waals surface area (Å²) in [6.45, 7) is 10.00. The molecule has 1 saturated carbocycles. The number of furan rings is 1. The predicted molar refractivity (Wildman–Crippen MR) is 94.7 cm³/mol. The van der Waals surface area contributed by atoms with E-state index in [0.717, 1.165) is 12.2 Å². The molecule has 25 heavy (non-hydrogen) atoms. The molecule has 0 aromatic carbocycles. The zero-order valence-corrected chi connectivity index (χ0v) is 15.4. The highest BCUT2D eigenvalue weighted by molar-refractivity contribution is 5.94. The molecule has 6 heteroatoms. The average molecular weight is 343 g/mol. The number of hydrogen-bond donors (Lipinski definition) is 2. The lowest BCUT2D eigenvalue weighted by molar-refractivity contribution is 0.0945. The van der Waals surface area contributed by atoms with E-state index in [9.17, 15) is 9.59 Å². The molecule has 0 saturated heterocycles. The number of rotatable bonds is 4. The maximum atomic E-state index is 12.4. The Morgan fingerprint density at radius 1 is 1.40 bits per heavy atom. The van der Waals surface area contributed by atoms with Crippen LogP contribution in [-0.2, 0) is 12.0 Å². The molecule has 134 valence electrons. The number of nitrogens with zero attached hydrogens (tertiary/aromatic N) is 1. The molecule has 2 N–H and O–H groups in total. The molecule has 6 nitrogen and oxygen atoms in total. The third-order valence-corrected chi connectivity index (χ3v) is 4.62. The van der Waals surface area contributed by atoms with Crippen molar-refractivity contribution >= 4 is 5.91 Å². The van der Waals surface area contributed by atoms with Crippen molar-refractivity contribution in [2.24, 2.45) is 5.92 Å². The number of aromatic amines is 1. The van der Waals surface area contributed by atoms with Crippen LogP contribution in [-0.4, -0.2) is 15.9 Å². The van der Waals surface area contributed by atoms with Gasteiger partial charge in [0.1, 0.15) is 22.9 Å². The molecular weight excluding hydrogens is 318 g/mol. The van der Waals surface area contributed by atoms with Crippen molar-refractivity contribution in [3.8, 4) is 0 Å². The molecule has 2 heterocycles. The van der Waals surface area contributed by atoms with E-state index in [1.165, 1.54) is 0 Å². The maximum Gasteiger partial charge on any atom is 0.264 e. The van der Waals surface area contributed by atoms with Crippen LogP contribution < -0.4 is 10.9 Å². The topological polar surface area (TPSA) is 88.0 Å². The SMILES string of the molecule is Cc1nc(C(C)(C)C)[nH]c(=O)c1C(=O)NCc1ccc([C@@H]2C[C@H]2C)o1. The molecule has 2 atom stereocenters. The van der Waals surface area contributed by atoms with Crippen LogP contribution in [0.1, 0.15) is 73.4 Å². The van der Waals surface area contributed by atoms with E-state index in [1.807, 2.05) is 32.9 Å². The lowest BCUT2D eigenvalue weighted by Crippen LogP contribution is -2.33. The van der Waals surface area contributed by atoms with Crippen molar-refractivity contribution in [3.63, 3.8) is 0 Å². The zero-order chi connectivity index (χ0) is 18.4. The molecule has 0 unspecified atom stereocenters. The maximum absolute atomic E-state index is 12.4. The summed E-state index contributed by atoms with van der Waals surface area (Å²) in [6.07, 6.45) is 1.15. The van der Waals surface area contributed by atoms with Crippen molar-refractivity contribution in [2.45, 2.75) is 58.9 Å². The van der Waals surface area contributed by atoms with E-state index in [-0.39, 0.29) is 17.5 Å². The average Bonchev–Trinajstić information content (AvgIpc) is 3.06. The van der Waals surface area contributed by atoms with Crippen LogP contribution in [0.25, 0.3) is 0 Å². The second kappa shape index (κ2) is 6.17. The number of hydrogen-bond acceptors (Lipinski definition) is 4. The fourth-order valence-corrected chi connectivity index (χ4v) is 2.87. The molecule has 1 amide bonds. The quantitative estimate of drug-likeness (QED) is 0.893. The van der Waals surface area contributed by atoms with Gasteiger partial charge in [-0.05, 0) is 31.4 Å². The summed E-state index contributed by atoms with van der Waals surface area (Å²) < 4.78 is 5.77. The number of nitrogens with one attached hydrogen (secondary N) is 2. The van der Waals surface area contributed by atoms with Crippen LogP contribution in [0.15, 0.2) is 21.3 Å². The Bertz CT molecular complexity index is 858. The van der Waals surface area contributed by atoms with E-state index < -0.39 is 11.5 Å². The summed E-state index contributed by atoms with van der Waals surface area (Å²) in [5, 5.41) is 2.75. The number of H-pyrrole nitrogens is 1. The minimum Gasteiger partial charge on any atom is -0.464 e. The Kier molecular flexibility index (Phi) is 4.31. The van der Waals surface area contributed by atoms with Gasteiger partial charge in [0.25, 0.3) is 11.5 Å². The van der Waals surface area contributed by atoms with Crippen molar-refractivity contribution in [2.75, 3.05) is 0 Å². The Hall–Kier alpha value is -2.37. The predicted octanol–water partition coefficient (Wildman–Crippen LogP) is 3.02. The first-order chi connectivity index (χ1) is 11.7. The normalized spacial score (nSPS) is 19.7. The standard InChI is InChI=1S/C19H25N3O3/c1-10-8-13(10)14-7-6-12(25-14)9-20-16(23)15-11(2)21-18(19(3,4)5)22-17(15)24/h6-7,10,13H,8-9H2,1-5H3,(H,20,23)(H,21,22,24)/t10-,13-/m1/s1. The van der Waals surface area contributed by atoms with Gasteiger partial charge in [0.15, 0.2) is 0 Å². The molecule has 2 aromatic rings. The third-order valence-electron chi connectivity index (χ3n) is 4.62. The molecule has 2 aromatic heterocycles. The van der Waals surface area contributed by atoms with Crippen LogP contribution in [0.5, 0.6) is 0 Å². The Labute approximate surface area is 147 Å². The number of aryl methyl sites for hydroxylation is 1. The third kappa shape index (κ3) is 3.67. The van der Waals surface area contributed by atoms with Gasteiger partial charge < -0.3 is 14.7 Å². The minimum absolute atomic E-state index is 0.0515. The Morgan fingerprint density at radius 2 is 2.08 bits per heavy atom. The van der Waals surface area contributed by atoms with Crippen LogP contribution >= 0.6 is 0 Å². The Balaban J connectivity index is 1.71. The van der Waals surface area contributed by atoms with Crippen molar-refractivity contribution in [1.82, 2.24) is 15.3 Å². The summed E-state index contributed by atoms with van der Waals surface area (Å²) >= 11 is 0. The van der Waals surface area contributed by atoms with Crippen LogP contribution in [0.4, 0.5) is 0 Å². The number of carbonyl (C=O) groups excluding carboxylic acids is 1. The van der Waals surface area contributed by atoms with Crippen LogP contribution in [0.3, 0.4) is 0 Å². The molecule has 3 rings (SSSR count). The fourth-order valence-electron chi connectivity index (χ4n) is 2.87. The second-order valence-corrected chi connectivity index (χ2v) is 7.93. The number of carbonyl (C=O) groups is 1. The van der Waals surface area contributed by atoms with E-state index in [0.29, 0.717) is 29.1 Å². The molecule has 1 fully saturated rings. The van der Waals surface area contributed by atoms with Gasteiger partial charge in [-0.25, -0.2) is 4.98 Å². The molecular formula is C19H25N3O3. The highest BCUT2D eigenvalue weighted by Crippen LogP contribution is 2.47. The van der Waals surface area contributed by atoms with Crippen molar-refractivity contribution < 1.29 is 9.21 Å². The van der Waals surface area contributed by atoms with Gasteiger partial charge >= 0.3 is 0 Å². The summed E-state index contributed by atoms with van der Waals surface area (Å²) in [7, 11) is 0. The lowest BCUT2D eigenvalue weighted by atomic mass is 9.95. The smallest absolute Gasteiger partial charge is 0.264 e. The summed E-state index contributed by atoms with van der Waals surface area (Å²) in [5.74, 6) is 2.97. The van der Waals surface area contributed by atoms with Gasteiger partial charge in [0.05, 0.1) is 12.2 Å². The summed E-state index contributed by atoms with van der Waals surface area (Å²) in [4.78, 5) is 31.8. The highest BCUT2D eigenvalue weighted by atomic mass is 16.3. The zero-order valence-electron chi connectivity index (χ0n) is 15.4. The van der Waals surface area contributed by atoms with Gasteiger partial charge in [-0.3, -0.25) is 9.59 Å². The van der Waals surface area contributed by atoms with Gasteiger partial charge in [0, 0.05) is 11.3 Å². The minimum atomic E-state index is -0.440. The summed E-state index contributed by atoms with van der Waals surface area (Å²) in [5.41, 5.74) is -0.223. The number of aromatic nitrogens is 2. The second-order valence-electron chi connectivity index (χ2n) is 7.93. The molecule has 1 aliphatic rings. The van der Waals surface area contributed by atoms with Crippen LogP contribution in [0.2, 0.25) is 0 Å². The Morgan fingerprint density at radius 3 is 2.64 bits per heavy atom. The highest BCUT2D eigenvalue weighted by Gasteiger charge is 2.36. The largest absolute Gasteiger partial charge is 0.464 e. The lowest BCUT2D eigenvalue weighted by Gasteiger charge is -2.18. The molecule has 0 bridgehead atoms. The molecule has 0 radical (unpaired) electrons. The fraction of sp³-hybridized carbons (Fsp3) is 0.526. The van der Waals surface area contributed by atoms with Crippen molar-refractivity contribution in [3.05, 3.63) is 51.1 Å². The van der Waals surface area contributed by atoms with E-state index in [1.54, 1.807) is 6.92 Å². The molecule has 0 spiro atoms. The van der Waals surface area contributed by atoms with E-state index >= 15 is 0 Å². The summed E-state index contributed by atoms with van der Waals surface area (Å²) in [6, 6.07) is 3.84. The first kappa shape index (κ1) is 17.5.